The Morgan fingerprint density at radius 1 is 1.05 bits per heavy atom. The van der Waals surface area contributed by atoms with Crippen LogP contribution in [0.2, 0.25) is 0 Å². The number of aromatic nitrogens is 1. The summed E-state index contributed by atoms with van der Waals surface area (Å²) in [5.74, 6) is 0.985. The second kappa shape index (κ2) is 11.1. The number of hydrogen-bond acceptors (Lipinski definition) is 7. The minimum absolute atomic E-state index is 0.0369. The zero-order valence-electron chi connectivity index (χ0n) is 21.7. The molecule has 3 aliphatic heterocycles. The summed E-state index contributed by atoms with van der Waals surface area (Å²) in [6, 6.07) is 10.5. The summed E-state index contributed by atoms with van der Waals surface area (Å²) in [5, 5.41) is 14.5. The van der Waals surface area contributed by atoms with Gasteiger partial charge in [-0.25, -0.2) is 4.98 Å². The van der Waals surface area contributed by atoms with Gasteiger partial charge in [-0.05, 0) is 42.9 Å². The molecule has 0 spiro atoms. The van der Waals surface area contributed by atoms with Gasteiger partial charge in [0.2, 0.25) is 5.91 Å². The Kier molecular flexibility index (Phi) is 7.62. The Morgan fingerprint density at radius 2 is 1.78 bits per heavy atom. The predicted molar refractivity (Wildman–Crippen MR) is 141 cm³/mol. The third-order valence-electron chi connectivity index (χ3n) is 8.07. The van der Waals surface area contributed by atoms with Crippen LogP contribution in [0.25, 0.3) is 0 Å². The van der Waals surface area contributed by atoms with Crippen molar-refractivity contribution < 1.29 is 19.4 Å². The monoisotopic (exact) mass is 507 g/mol. The molecule has 37 heavy (non-hydrogen) atoms. The fourth-order valence-corrected chi connectivity index (χ4v) is 5.90. The first-order valence-electron chi connectivity index (χ1n) is 13.3. The van der Waals surface area contributed by atoms with Crippen molar-refractivity contribution in [2.75, 3.05) is 45.2 Å². The SMILES string of the molecule is COc1cnc(NC2CCN(C(C)=O)CC2)cc1C(=O)N1CC[C@H](N2CCc3ccccc3C2)[C@@H](O)C1. The van der Waals surface area contributed by atoms with Gasteiger partial charge in [0, 0.05) is 58.3 Å². The van der Waals surface area contributed by atoms with Gasteiger partial charge in [0.1, 0.15) is 11.6 Å². The molecule has 2 N–H and O–H groups in total. The maximum Gasteiger partial charge on any atom is 0.257 e. The summed E-state index contributed by atoms with van der Waals surface area (Å²) in [4.78, 5) is 35.6. The molecule has 2 aromatic rings. The highest BCUT2D eigenvalue weighted by Crippen LogP contribution is 2.28. The first-order valence-corrected chi connectivity index (χ1v) is 13.3. The Morgan fingerprint density at radius 3 is 2.49 bits per heavy atom. The number of amides is 2. The highest BCUT2D eigenvalue weighted by atomic mass is 16.5. The van der Waals surface area contributed by atoms with Gasteiger partial charge >= 0.3 is 0 Å². The molecular formula is C28H37N5O4. The van der Waals surface area contributed by atoms with E-state index in [4.69, 9.17) is 4.74 Å². The summed E-state index contributed by atoms with van der Waals surface area (Å²) < 4.78 is 5.47. The normalized spacial score (nSPS) is 22.9. The zero-order chi connectivity index (χ0) is 25.9. The van der Waals surface area contributed by atoms with Gasteiger partial charge in [-0.1, -0.05) is 24.3 Å². The number of anilines is 1. The summed E-state index contributed by atoms with van der Waals surface area (Å²) in [6.07, 6.45) is 4.34. The number of nitrogens with one attached hydrogen (secondary N) is 1. The molecule has 9 nitrogen and oxygen atoms in total. The average molecular weight is 508 g/mol. The van der Waals surface area contributed by atoms with Crippen molar-refractivity contribution in [2.45, 2.75) is 57.3 Å². The van der Waals surface area contributed by atoms with Crippen LogP contribution >= 0.6 is 0 Å². The number of piperidine rings is 2. The Labute approximate surface area is 218 Å². The lowest BCUT2D eigenvalue weighted by atomic mass is 9.94. The molecule has 0 unspecified atom stereocenters. The molecule has 2 fully saturated rings. The van der Waals surface area contributed by atoms with E-state index < -0.39 is 6.10 Å². The number of carbonyl (C=O) groups is 2. The standard InChI is InChI=1S/C28H37N5O4/c1-19(34)31-12-8-22(9-13-31)30-27-15-23(26(37-2)16-29-27)28(36)33-14-10-24(25(35)18-33)32-11-7-20-5-3-4-6-21(20)17-32/h3-6,15-16,22,24-25,35H,7-14,17-18H2,1-2H3,(H,29,30)/t24-,25-/m0/s1. The molecule has 5 rings (SSSR count). The van der Waals surface area contributed by atoms with E-state index in [9.17, 15) is 14.7 Å². The molecule has 1 aromatic heterocycles. The first-order chi connectivity index (χ1) is 17.9. The number of methoxy groups -OCH3 is 1. The average Bonchev–Trinajstić information content (AvgIpc) is 2.92. The number of benzene rings is 1. The van der Waals surface area contributed by atoms with Crippen LogP contribution in [-0.4, -0.2) is 94.6 Å². The second-order valence-corrected chi connectivity index (χ2v) is 10.4. The molecule has 2 amide bonds. The number of carbonyl (C=O) groups excluding carboxylic acids is 2. The van der Waals surface area contributed by atoms with Crippen LogP contribution in [0.4, 0.5) is 5.82 Å². The maximum absolute atomic E-state index is 13.6. The highest BCUT2D eigenvalue weighted by Gasteiger charge is 2.36. The van der Waals surface area contributed by atoms with Crippen LogP contribution in [0.3, 0.4) is 0 Å². The summed E-state index contributed by atoms with van der Waals surface area (Å²) in [6.45, 7) is 5.65. The van der Waals surface area contributed by atoms with E-state index in [0.29, 0.717) is 43.3 Å². The summed E-state index contributed by atoms with van der Waals surface area (Å²) >= 11 is 0. The lowest BCUT2D eigenvalue weighted by molar-refractivity contribution is -0.129. The molecule has 198 valence electrons. The van der Waals surface area contributed by atoms with E-state index in [1.165, 1.54) is 18.2 Å². The molecule has 1 aromatic carbocycles. The highest BCUT2D eigenvalue weighted by molar-refractivity contribution is 5.97. The number of aliphatic hydroxyl groups excluding tert-OH is 1. The van der Waals surface area contributed by atoms with Gasteiger partial charge < -0.3 is 25.0 Å². The maximum atomic E-state index is 13.6. The number of likely N-dealkylation sites (tertiary alicyclic amines) is 2. The number of aliphatic hydroxyl groups is 1. The molecule has 0 saturated carbocycles. The van der Waals surface area contributed by atoms with Crippen molar-refractivity contribution in [1.82, 2.24) is 19.7 Å². The predicted octanol–water partition coefficient (Wildman–Crippen LogP) is 2.15. The smallest absolute Gasteiger partial charge is 0.257 e. The molecule has 2 saturated heterocycles. The molecule has 4 heterocycles. The minimum Gasteiger partial charge on any atom is -0.494 e. The van der Waals surface area contributed by atoms with E-state index in [0.717, 1.165) is 38.8 Å². The third kappa shape index (κ3) is 5.57. The van der Waals surface area contributed by atoms with Crippen molar-refractivity contribution in [3.63, 3.8) is 0 Å². The Bertz CT molecular complexity index is 1130. The number of fused-ring (bicyclic) bond motifs is 1. The Balaban J connectivity index is 1.22. The third-order valence-corrected chi connectivity index (χ3v) is 8.07. The zero-order valence-corrected chi connectivity index (χ0v) is 21.7. The van der Waals surface area contributed by atoms with Gasteiger partial charge in [0.25, 0.3) is 5.91 Å². The minimum atomic E-state index is -0.611. The van der Waals surface area contributed by atoms with E-state index in [1.807, 2.05) is 4.90 Å². The van der Waals surface area contributed by atoms with Gasteiger partial charge in [0.15, 0.2) is 0 Å². The topological polar surface area (TPSA) is 98.2 Å². The molecule has 0 radical (unpaired) electrons. The lowest BCUT2D eigenvalue weighted by Crippen LogP contribution is -2.56. The van der Waals surface area contributed by atoms with Crippen LogP contribution in [0, 0.1) is 0 Å². The van der Waals surface area contributed by atoms with E-state index in [1.54, 1.807) is 24.1 Å². The Hall–Kier alpha value is -3.17. The number of ether oxygens (including phenoxy) is 1. The second-order valence-electron chi connectivity index (χ2n) is 10.4. The van der Waals surface area contributed by atoms with Crippen LogP contribution in [0.15, 0.2) is 36.5 Å². The van der Waals surface area contributed by atoms with Crippen molar-refractivity contribution in [3.8, 4) is 5.75 Å². The number of nitrogens with zero attached hydrogens (tertiary/aromatic N) is 4. The van der Waals surface area contributed by atoms with Crippen LogP contribution in [-0.2, 0) is 17.8 Å². The molecule has 3 aliphatic rings. The largest absolute Gasteiger partial charge is 0.494 e. The molecular weight excluding hydrogens is 470 g/mol. The van der Waals surface area contributed by atoms with Crippen molar-refractivity contribution in [1.29, 1.82) is 0 Å². The van der Waals surface area contributed by atoms with Crippen LogP contribution in [0.1, 0.15) is 47.7 Å². The number of β-amino-alcohol motifs (C(OH)–C–C–N with tert-alkyl or cyclic N) is 1. The number of hydrogen-bond donors (Lipinski definition) is 2. The quantitative estimate of drug-likeness (QED) is 0.640. The van der Waals surface area contributed by atoms with Gasteiger partial charge in [-0.2, -0.15) is 0 Å². The fraction of sp³-hybridized carbons (Fsp3) is 0.536. The van der Waals surface area contributed by atoms with E-state index in [2.05, 4.69) is 39.5 Å². The number of rotatable bonds is 5. The van der Waals surface area contributed by atoms with E-state index >= 15 is 0 Å². The number of pyridine rings is 1. The lowest BCUT2D eigenvalue weighted by Gasteiger charge is -2.43. The molecule has 0 bridgehead atoms. The van der Waals surface area contributed by atoms with Gasteiger partial charge in [0.05, 0.1) is 25.0 Å². The van der Waals surface area contributed by atoms with Crippen LogP contribution in [0.5, 0.6) is 5.75 Å². The first kappa shape index (κ1) is 25.5. The molecule has 9 heteroatoms. The fourth-order valence-electron chi connectivity index (χ4n) is 5.90. The van der Waals surface area contributed by atoms with Gasteiger partial charge in [-0.3, -0.25) is 14.5 Å². The van der Waals surface area contributed by atoms with Gasteiger partial charge in [-0.15, -0.1) is 0 Å². The van der Waals surface area contributed by atoms with Crippen molar-refractivity contribution in [3.05, 3.63) is 53.2 Å². The molecule has 2 atom stereocenters. The molecule has 0 aliphatic carbocycles. The van der Waals surface area contributed by atoms with E-state index in [-0.39, 0.29) is 23.9 Å². The van der Waals surface area contributed by atoms with Crippen LogP contribution < -0.4 is 10.1 Å². The van der Waals surface area contributed by atoms with Crippen molar-refractivity contribution >= 4 is 17.6 Å². The summed E-state index contributed by atoms with van der Waals surface area (Å²) in [5.41, 5.74) is 3.16. The summed E-state index contributed by atoms with van der Waals surface area (Å²) in [7, 11) is 1.54. The van der Waals surface area contributed by atoms with Crippen molar-refractivity contribution in [2.24, 2.45) is 0 Å².